The zero-order chi connectivity index (χ0) is 23.4. The zero-order valence-electron chi connectivity index (χ0n) is 19.4. The minimum atomic E-state index is -4.38. The third kappa shape index (κ3) is 5.12. The van der Waals surface area contributed by atoms with Gasteiger partial charge in [0.25, 0.3) is 0 Å². The van der Waals surface area contributed by atoms with Crippen LogP contribution in [0.5, 0.6) is 0 Å². The van der Waals surface area contributed by atoms with Crippen LogP contribution in [0.4, 0.5) is 13.2 Å². The van der Waals surface area contributed by atoms with Gasteiger partial charge in [0.15, 0.2) is 0 Å². The molecule has 2 nitrogen and oxygen atoms in total. The van der Waals surface area contributed by atoms with Crippen LogP contribution in [0.25, 0.3) is 22.0 Å². The van der Waals surface area contributed by atoms with Gasteiger partial charge < -0.3 is 4.57 Å². The molecule has 5 rings (SSSR count). The summed E-state index contributed by atoms with van der Waals surface area (Å²) in [6, 6.07) is 11.7. The van der Waals surface area contributed by atoms with Gasteiger partial charge in [-0.1, -0.05) is 63.1 Å². The Morgan fingerprint density at radius 1 is 1.06 bits per heavy atom. The van der Waals surface area contributed by atoms with Crippen molar-refractivity contribution in [2.24, 2.45) is 5.41 Å². The van der Waals surface area contributed by atoms with E-state index in [4.69, 9.17) is 0 Å². The van der Waals surface area contributed by atoms with E-state index in [-0.39, 0.29) is 16.5 Å². The summed E-state index contributed by atoms with van der Waals surface area (Å²) >= 11 is 1.89. The van der Waals surface area contributed by atoms with E-state index in [2.05, 4.69) is 36.3 Å². The van der Waals surface area contributed by atoms with Crippen molar-refractivity contribution in [3.63, 3.8) is 0 Å². The van der Waals surface area contributed by atoms with Gasteiger partial charge in [-0.2, -0.15) is 13.2 Å². The highest BCUT2D eigenvalue weighted by Gasteiger charge is 2.44. The van der Waals surface area contributed by atoms with E-state index in [9.17, 15) is 13.2 Å². The van der Waals surface area contributed by atoms with Gasteiger partial charge in [0.05, 0.1) is 5.56 Å². The summed E-state index contributed by atoms with van der Waals surface area (Å²) in [5, 5.41) is 1.91. The Morgan fingerprint density at radius 3 is 2.42 bits per heavy atom. The second kappa shape index (κ2) is 8.09. The number of nitrogens with zero attached hydrogens (tertiary/aromatic N) is 1. The SMILES string of the molecule is CC(C)(C)Cn1cc(CC2(NSC3CC3)CC2)c2ccc(-c3ccccc3C(F)(F)F)cc21. The van der Waals surface area contributed by atoms with Crippen molar-refractivity contribution in [2.75, 3.05) is 0 Å². The number of fused-ring (bicyclic) bond motifs is 1. The van der Waals surface area contributed by atoms with Crippen LogP contribution in [-0.2, 0) is 19.1 Å². The van der Waals surface area contributed by atoms with Crippen LogP contribution in [0.1, 0.15) is 57.6 Å². The maximum Gasteiger partial charge on any atom is 0.417 e. The fraction of sp³-hybridized carbons (Fsp3) is 0.481. The molecule has 1 N–H and O–H groups in total. The average molecular weight is 473 g/mol. The maximum absolute atomic E-state index is 13.7. The molecule has 0 atom stereocenters. The van der Waals surface area contributed by atoms with Gasteiger partial charge in [-0.3, -0.25) is 4.72 Å². The highest BCUT2D eigenvalue weighted by Crippen LogP contribution is 2.45. The molecule has 0 spiro atoms. The number of hydrogen-bond acceptors (Lipinski definition) is 2. The van der Waals surface area contributed by atoms with Crippen molar-refractivity contribution in [1.82, 2.24) is 9.29 Å². The standard InChI is InChI=1S/C27H31F3N2S/c1-25(2,3)17-32-16-19(15-26(12-13-26)31-33-20-9-10-20)22-11-8-18(14-24(22)32)21-6-4-5-7-23(21)27(28,29)30/h4-8,11,14,16,20,31H,9-10,12-13,15,17H2,1-3H3. The second-order valence-electron chi connectivity index (χ2n) is 11.0. The van der Waals surface area contributed by atoms with E-state index in [1.807, 2.05) is 30.1 Å². The van der Waals surface area contributed by atoms with Crippen molar-refractivity contribution < 1.29 is 13.2 Å². The van der Waals surface area contributed by atoms with Crippen LogP contribution in [-0.4, -0.2) is 15.4 Å². The molecule has 2 aliphatic carbocycles. The first-order valence-corrected chi connectivity index (χ1v) is 12.6. The smallest absolute Gasteiger partial charge is 0.347 e. The van der Waals surface area contributed by atoms with Crippen molar-refractivity contribution >= 4 is 22.9 Å². The van der Waals surface area contributed by atoms with E-state index < -0.39 is 11.7 Å². The van der Waals surface area contributed by atoms with Gasteiger partial charge in [0, 0.05) is 34.4 Å². The Morgan fingerprint density at radius 2 is 1.79 bits per heavy atom. The van der Waals surface area contributed by atoms with E-state index in [0.717, 1.165) is 29.1 Å². The topological polar surface area (TPSA) is 17.0 Å². The Labute approximate surface area is 198 Å². The lowest BCUT2D eigenvalue weighted by Crippen LogP contribution is -2.28. The molecule has 0 radical (unpaired) electrons. The minimum absolute atomic E-state index is 0.0560. The van der Waals surface area contributed by atoms with Gasteiger partial charge in [-0.05, 0) is 66.3 Å². The Hall–Kier alpha value is -1.92. The van der Waals surface area contributed by atoms with Crippen LogP contribution in [0, 0.1) is 5.41 Å². The lowest BCUT2D eigenvalue weighted by Gasteiger charge is -2.20. The molecule has 2 fully saturated rings. The molecule has 1 aromatic heterocycles. The first kappa shape index (κ1) is 22.9. The first-order chi connectivity index (χ1) is 15.5. The van der Waals surface area contributed by atoms with Gasteiger partial charge in [-0.25, -0.2) is 0 Å². The zero-order valence-corrected chi connectivity index (χ0v) is 20.2. The molecule has 176 valence electrons. The van der Waals surface area contributed by atoms with Crippen LogP contribution in [0.15, 0.2) is 48.7 Å². The Bertz CT molecular complexity index is 1160. The van der Waals surface area contributed by atoms with Crippen molar-refractivity contribution in [3.8, 4) is 11.1 Å². The summed E-state index contributed by atoms with van der Waals surface area (Å²) in [7, 11) is 0. The summed E-state index contributed by atoms with van der Waals surface area (Å²) in [5.74, 6) is 0. The van der Waals surface area contributed by atoms with E-state index in [1.165, 1.54) is 43.4 Å². The van der Waals surface area contributed by atoms with Gasteiger partial charge in [-0.15, -0.1) is 0 Å². The van der Waals surface area contributed by atoms with Gasteiger partial charge >= 0.3 is 6.18 Å². The number of aromatic nitrogens is 1. The number of alkyl halides is 3. The minimum Gasteiger partial charge on any atom is -0.347 e. The molecule has 2 aliphatic rings. The number of benzene rings is 2. The van der Waals surface area contributed by atoms with Crippen LogP contribution >= 0.6 is 11.9 Å². The monoisotopic (exact) mass is 472 g/mol. The summed E-state index contributed by atoms with van der Waals surface area (Å²) in [5.41, 5.74) is 2.77. The fourth-order valence-electron chi connectivity index (χ4n) is 4.52. The molecule has 2 aromatic carbocycles. The molecular weight excluding hydrogens is 441 g/mol. The summed E-state index contributed by atoms with van der Waals surface area (Å²) in [6.07, 6.45) is 3.78. The Kier molecular flexibility index (Phi) is 5.60. The third-order valence-corrected chi connectivity index (χ3v) is 7.86. The molecule has 1 heterocycles. The molecule has 0 bridgehead atoms. The highest BCUT2D eigenvalue weighted by atomic mass is 32.2. The predicted octanol–water partition coefficient (Wildman–Crippen LogP) is 7.85. The number of hydrogen-bond donors (Lipinski definition) is 1. The van der Waals surface area contributed by atoms with Crippen LogP contribution in [0.3, 0.4) is 0 Å². The van der Waals surface area contributed by atoms with Crippen molar-refractivity contribution in [3.05, 3.63) is 59.8 Å². The maximum atomic E-state index is 13.7. The molecular formula is C27H31F3N2S. The number of halogens is 3. The highest BCUT2D eigenvalue weighted by molar-refractivity contribution is 7.98. The fourth-order valence-corrected chi connectivity index (χ4v) is 5.59. The summed E-state index contributed by atoms with van der Waals surface area (Å²) < 4.78 is 47.0. The van der Waals surface area contributed by atoms with E-state index in [0.29, 0.717) is 5.56 Å². The molecule has 0 aliphatic heterocycles. The first-order valence-electron chi connectivity index (χ1n) is 11.7. The van der Waals surface area contributed by atoms with Crippen LogP contribution in [0.2, 0.25) is 0 Å². The predicted molar refractivity (Wildman–Crippen MR) is 131 cm³/mol. The van der Waals surface area contributed by atoms with Crippen LogP contribution < -0.4 is 4.72 Å². The molecule has 0 unspecified atom stereocenters. The van der Waals surface area contributed by atoms with Gasteiger partial charge in [0.1, 0.15) is 0 Å². The summed E-state index contributed by atoms with van der Waals surface area (Å²) in [4.78, 5) is 0. The third-order valence-electron chi connectivity index (χ3n) is 6.50. The molecule has 0 amide bonds. The van der Waals surface area contributed by atoms with Crippen molar-refractivity contribution in [1.29, 1.82) is 0 Å². The lowest BCUT2D eigenvalue weighted by molar-refractivity contribution is -0.137. The summed E-state index contributed by atoms with van der Waals surface area (Å²) in [6.45, 7) is 7.39. The quantitative estimate of drug-likeness (QED) is 0.353. The Balaban J connectivity index is 1.54. The molecule has 3 aromatic rings. The normalized spacial score (nSPS) is 18.1. The van der Waals surface area contributed by atoms with E-state index in [1.54, 1.807) is 12.1 Å². The molecule has 33 heavy (non-hydrogen) atoms. The number of rotatable bonds is 7. The second-order valence-corrected chi connectivity index (χ2v) is 12.1. The van der Waals surface area contributed by atoms with Gasteiger partial charge in [0.2, 0.25) is 0 Å². The lowest BCUT2D eigenvalue weighted by atomic mass is 9.96. The number of nitrogens with one attached hydrogen (secondary N) is 1. The van der Waals surface area contributed by atoms with Crippen molar-refractivity contribution in [2.45, 2.75) is 76.4 Å². The molecule has 2 saturated carbocycles. The molecule has 6 heteroatoms. The average Bonchev–Trinajstić information content (AvgIpc) is 3.66. The molecule has 0 saturated heterocycles. The largest absolute Gasteiger partial charge is 0.417 e. The van der Waals surface area contributed by atoms with E-state index >= 15 is 0 Å².